The Morgan fingerprint density at radius 1 is 0.176 bits per heavy atom. The molecule has 0 fully saturated rings. The third kappa shape index (κ3) is 8.37. The average molecular weight is 1350 g/mol. The zero-order valence-corrected chi connectivity index (χ0v) is 57.1. The monoisotopic (exact) mass is 1350 g/mol. The fourth-order valence-corrected chi connectivity index (χ4v) is 20.7. The Morgan fingerprint density at radius 2 is 0.471 bits per heavy atom. The van der Waals surface area contributed by atoms with E-state index in [9.17, 15) is 0 Å². The second-order valence-corrected chi connectivity index (χ2v) is 29.5. The number of benzene rings is 15. The highest BCUT2D eigenvalue weighted by atomic mass is 32.1. The maximum Gasteiger partial charge on any atom is 0.143 e. The summed E-state index contributed by atoms with van der Waals surface area (Å²) in [5, 5.41) is 14.7. The minimum Gasteiger partial charge on any atom is -0.455 e. The normalized spacial score (nSPS) is 12.1. The Bertz CT molecular complexity index is 7380. The van der Waals surface area contributed by atoms with E-state index >= 15 is 0 Å². The fourth-order valence-electron chi connectivity index (χ4n) is 16.6. The topological polar surface area (TPSA) is 41.1 Å². The Hall–Kier alpha value is -12.6. The lowest BCUT2D eigenvalue weighted by Gasteiger charge is -2.12. The second-order valence-electron chi connectivity index (χ2n) is 26.4. The third-order valence-electron chi connectivity index (χ3n) is 21.0. The van der Waals surface area contributed by atoms with Crippen LogP contribution in [-0.2, 0) is 0 Å². The quantitative estimate of drug-likeness (QED) is 0.160. The molecule has 0 aliphatic heterocycles. The molecule has 8 aromatic heterocycles. The van der Waals surface area contributed by atoms with Gasteiger partial charge in [0.1, 0.15) is 22.3 Å². The van der Waals surface area contributed by atoms with Crippen LogP contribution in [-0.4, -0.2) is 13.7 Å². The Labute approximate surface area is 595 Å². The highest BCUT2D eigenvalue weighted by Crippen LogP contribution is 2.53. The van der Waals surface area contributed by atoms with Crippen LogP contribution in [0.25, 0.3) is 210 Å². The summed E-state index contributed by atoms with van der Waals surface area (Å²) in [6.07, 6.45) is 0. The van der Waals surface area contributed by atoms with Crippen molar-refractivity contribution in [1.29, 1.82) is 0 Å². The molecule has 23 aromatic rings. The molecule has 5 nitrogen and oxygen atoms in total. The minimum absolute atomic E-state index is 0.873. The highest BCUT2D eigenvalue weighted by Gasteiger charge is 2.26. The molecule has 0 saturated carbocycles. The summed E-state index contributed by atoms with van der Waals surface area (Å²) in [5.74, 6) is 0. The standard InChI is InChI=1S/C50H30N2S2.C44H25NO2S/c1-3-15-31(16-4-1)51-43-29-9-7-19-33(43)34-21-11-22-35(45(34)51)36-23-12-24-37-38-25-13-26-39(48(38)53-47(36)37)40-27-14-28-42-46-50(54-49(40)42)41-20-8-10-30-44(41)52(46)32-17-5-2-6-18-32;1-2-12-26(13-3-1)45-37-24-6-4-15-35(37)44-39(45)36-23-11-22-34(43(36)48-44)33-21-10-20-32-31-19-9-18-30(41(31)47-42(32)33)29-17-8-16-28-27-14-5-7-25-38(27)46-40(28)29/h1-30H;1-25H. The number of hydrogen-bond acceptors (Lipinski definition) is 5. The molecule has 0 N–H and O–H groups in total. The Balaban J connectivity index is 0.000000130. The number of fused-ring (bicyclic) bond motifs is 22. The van der Waals surface area contributed by atoms with Gasteiger partial charge in [0.2, 0.25) is 0 Å². The number of para-hydroxylation sites is 11. The molecule has 0 unspecified atom stereocenters. The molecular weight excluding hydrogens is 1300 g/mol. The van der Waals surface area contributed by atoms with Crippen molar-refractivity contribution in [2.24, 2.45) is 0 Å². The summed E-state index contributed by atoms with van der Waals surface area (Å²) < 4.78 is 28.6. The highest BCUT2D eigenvalue weighted by molar-refractivity contribution is 7.28. The largest absolute Gasteiger partial charge is 0.455 e. The molecule has 23 rings (SSSR count). The summed E-state index contributed by atoms with van der Waals surface area (Å²) in [6.45, 7) is 0. The Morgan fingerprint density at radius 3 is 0.961 bits per heavy atom. The second kappa shape index (κ2) is 22.5. The van der Waals surface area contributed by atoms with Crippen molar-refractivity contribution in [2.75, 3.05) is 0 Å². The zero-order valence-electron chi connectivity index (χ0n) is 54.6. The van der Waals surface area contributed by atoms with Crippen molar-refractivity contribution in [3.63, 3.8) is 0 Å². The predicted molar refractivity (Wildman–Crippen MR) is 436 cm³/mol. The van der Waals surface area contributed by atoms with Crippen molar-refractivity contribution in [3.8, 4) is 61.6 Å². The molecule has 0 bridgehead atoms. The first-order chi connectivity index (χ1) is 50.7. The van der Waals surface area contributed by atoms with Gasteiger partial charge in [-0.3, -0.25) is 0 Å². The van der Waals surface area contributed by atoms with Gasteiger partial charge in [0, 0.05) is 145 Å². The molecule has 0 aliphatic rings. The van der Waals surface area contributed by atoms with Crippen LogP contribution in [0.2, 0.25) is 0 Å². The van der Waals surface area contributed by atoms with Crippen LogP contribution in [0.15, 0.2) is 342 Å². The van der Waals surface area contributed by atoms with E-state index in [1.54, 1.807) is 0 Å². The van der Waals surface area contributed by atoms with Crippen LogP contribution in [0.3, 0.4) is 0 Å². The van der Waals surface area contributed by atoms with Gasteiger partial charge in [0.15, 0.2) is 0 Å². The molecule has 0 aliphatic carbocycles. The molecule has 0 saturated heterocycles. The van der Waals surface area contributed by atoms with E-state index in [2.05, 4.69) is 335 Å². The lowest BCUT2D eigenvalue weighted by molar-refractivity contribution is 0.665. The summed E-state index contributed by atoms with van der Waals surface area (Å²) >= 11 is 5.73. The predicted octanol–water partition coefficient (Wildman–Crippen LogP) is 27.9. The van der Waals surface area contributed by atoms with Gasteiger partial charge in [0.25, 0.3) is 0 Å². The van der Waals surface area contributed by atoms with Crippen LogP contribution >= 0.6 is 34.0 Å². The van der Waals surface area contributed by atoms with E-state index in [1.807, 2.05) is 46.1 Å². The molecule has 8 heterocycles. The van der Waals surface area contributed by atoms with Crippen LogP contribution in [0.1, 0.15) is 0 Å². The number of thiophene rings is 3. The van der Waals surface area contributed by atoms with Crippen LogP contribution in [0, 0.1) is 0 Å². The Kier molecular flexibility index (Phi) is 12.6. The average Bonchev–Trinajstić information content (AvgIpc) is 1.56. The van der Waals surface area contributed by atoms with E-state index in [4.69, 9.17) is 8.83 Å². The van der Waals surface area contributed by atoms with E-state index in [-0.39, 0.29) is 0 Å². The van der Waals surface area contributed by atoms with Crippen LogP contribution in [0.4, 0.5) is 0 Å². The molecule has 0 spiro atoms. The first-order valence-corrected chi connectivity index (χ1v) is 37.0. The van der Waals surface area contributed by atoms with Gasteiger partial charge in [-0.1, -0.05) is 273 Å². The lowest BCUT2D eigenvalue weighted by atomic mass is 9.98. The lowest BCUT2D eigenvalue weighted by Crippen LogP contribution is -1.95. The first-order valence-electron chi connectivity index (χ1n) is 34.5. The van der Waals surface area contributed by atoms with Gasteiger partial charge in [-0.25, -0.2) is 0 Å². The first kappa shape index (κ1) is 57.4. The van der Waals surface area contributed by atoms with Crippen molar-refractivity contribution < 1.29 is 8.83 Å². The van der Waals surface area contributed by atoms with E-state index in [0.29, 0.717) is 0 Å². The molecule has 0 radical (unpaired) electrons. The van der Waals surface area contributed by atoms with E-state index < -0.39 is 0 Å². The molecule has 476 valence electrons. The summed E-state index contributed by atoms with van der Waals surface area (Å²) in [4.78, 5) is 0. The van der Waals surface area contributed by atoms with E-state index in [0.717, 1.165) is 60.6 Å². The maximum atomic E-state index is 6.97. The number of rotatable bonds is 7. The van der Waals surface area contributed by atoms with Crippen LogP contribution < -0.4 is 0 Å². The van der Waals surface area contributed by atoms with Crippen molar-refractivity contribution in [2.45, 2.75) is 0 Å². The third-order valence-corrected chi connectivity index (χ3v) is 24.8. The van der Waals surface area contributed by atoms with Gasteiger partial charge in [-0.15, -0.1) is 34.0 Å². The SMILES string of the molecule is c1ccc(-n2c3ccccc3c3cccc(-c4cccc5c4sc4c(-c6cccc7c6sc6c8ccccc8n(-c8ccccc8)c76)cccc45)c32)cc1.c1ccc(-n2c3ccccc3c3sc4c(-c5cccc6c5oc5c(-c7cccc8c7oc7ccccc78)cccc56)cccc4c32)cc1. The molecule has 15 aromatic carbocycles. The van der Waals surface area contributed by atoms with Gasteiger partial charge in [0.05, 0.1) is 42.5 Å². The summed E-state index contributed by atoms with van der Waals surface area (Å²) in [7, 11) is 0. The van der Waals surface area contributed by atoms with Gasteiger partial charge in [-0.2, -0.15) is 0 Å². The summed E-state index contributed by atoms with van der Waals surface area (Å²) in [6, 6.07) is 120. The number of hydrogen-bond donors (Lipinski definition) is 0. The molecule has 0 atom stereocenters. The molecule has 0 amide bonds. The molecule has 8 heteroatoms. The van der Waals surface area contributed by atoms with Crippen molar-refractivity contribution >= 4 is 182 Å². The molecule has 102 heavy (non-hydrogen) atoms. The van der Waals surface area contributed by atoms with E-state index in [1.165, 1.54) is 149 Å². The number of nitrogens with zero attached hydrogens (tertiary/aromatic N) is 3. The smallest absolute Gasteiger partial charge is 0.143 e. The van der Waals surface area contributed by atoms with Gasteiger partial charge >= 0.3 is 0 Å². The maximum absolute atomic E-state index is 6.97. The van der Waals surface area contributed by atoms with Gasteiger partial charge in [-0.05, 0) is 60.7 Å². The summed E-state index contributed by atoms with van der Waals surface area (Å²) in [5.41, 5.74) is 24.0. The minimum atomic E-state index is 0.873. The zero-order chi connectivity index (χ0) is 66.7. The number of aromatic nitrogens is 3. The van der Waals surface area contributed by atoms with Crippen molar-refractivity contribution in [3.05, 3.63) is 334 Å². The van der Waals surface area contributed by atoms with Crippen LogP contribution in [0.5, 0.6) is 0 Å². The fraction of sp³-hybridized carbons (Fsp3) is 0. The molecular formula is C94H55N3O2S3. The van der Waals surface area contributed by atoms with Gasteiger partial charge < -0.3 is 22.5 Å². The number of furan rings is 2. The van der Waals surface area contributed by atoms with Crippen molar-refractivity contribution in [1.82, 2.24) is 13.7 Å².